The van der Waals surface area contributed by atoms with E-state index in [-0.39, 0.29) is 12.5 Å². The van der Waals surface area contributed by atoms with Crippen LogP contribution in [0.5, 0.6) is 0 Å². The van der Waals surface area contributed by atoms with Gasteiger partial charge in [0.25, 0.3) is 0 Å². The Morgan fingerprint density at radius 3 is 2.75 bits per heavy atom. The number of nitrogens with zero attached hydrogens (tertiary/aromatic N) is 4. The van der Waals surface area contributed by atoms with Gasteiger partial charge in [-0.1, -0.05) is 0 Å². The van der Waals surface area contributed by atoms with Gasteiger partial charge in [-0.25, -0.2) is 4.98 Å². The highest BCUT2D eigenvalue weighted by molar-refractivity contribution is 5.66. The molecule has 0 bridgehead atoms. The zero-order chi connectivity index (χ0) is 12.1. The van der Waals surface area contributed by atoms with Crippen molar-refractivity contribution in [2.75, 3.05) is 6.54 Å². The van der Waals surface area contributed by atoms with Gasteiger partial charge in [-0.2, -0.15) is 5.10 Å². The molecule has 1 rings (SSSR count). The van der Waals surface area contributed by atoms with Gasteiger partial charge in [-0.3, -0.25) is 14.4 Å². The third kappa shape index (κ3) is 3.62. The van der Waals surface area contributed by atoms with E-state index in [0.717, 1.165) is 5.82 Å². The molecule has 1 N–H and O–H groups in total. The predicted octanol–water partition coefficient (Wildman–Crippen LogP) is 0.500. The van der Waals surface area contributed by atoms with Gasteiger partial charge in [0.15, 0.2) is 0 Å². The molecule has 0 radical (unpaired) electrons. The van der Waals surface area contributed by atoms with E-state index in [9.17, 15) is 4.79 Å². The molecule has 16 heavy (non-hydrogen) atoms. The zero-order valence-electron chi connectivity index (χ0n) is 9.92. The van der Waals surface area contributed by atoms with Crippen molar-refractivity contribution in [2.45, 2.75) is 32.9 Å². The van der Waals surface area contributed by atoms with Crippen molar-refractivity contribution >= 4 is 5.97 Å². The first-order valence-corrected chi connectivity index (χ1v) is 5.29. The molecule has 0 aliphatic heterocycles. The average molecular weight is 226 g/mol. The third-order valence-corrected chi connectivity index (χ3v) is 2.49. The molecule has 0 amide bonds. The molecule has 1 aromatic heterocycles. The normalized spacial score (nSPS) is 11.3. The van der Waals surface area contributed by atoms with Gasteiger partial charge in [-0.05, 0) is 13.8 Å². The minimum Gasteiger partial charge on any atom is -0.481 e. The van der Waals surface area contributed by atoms with Gasteiger partial charge in [-0.15, -0.1) is 0 Å². The lowest BCUT2D eigenvalue weighted by atomic mass is 10.3. The Labute approximate surface area is 94.9 Å². The fourth-order valence-corrected chi connectivity index (χ4v) is 1.40. The summed E-state index contributed by atoms with van der Waals surface area (Å²) < 4.78 is 1.70. The first-order chi connectivity index (χ1) is 7.50. The lowest BCUT2D eigenvalue weighted by Gasteiger charge is -2.24. The zero-order valence-corrected chi connectivity index (χ0v) is 9.92. The van der Waals surface area contributed by atoms with E-state index in [1.807, 2.05) is 20.9 Å². The van der Waals surface area contributed by atoms with Gasteiger partial charge in [0, 0.05) is 19.6 Å². The van der Waals surface area contributed by atoms with Crippen LogP contribution < -0.4 is 0 Å². The highest BCUT2D eigenvalue weighted by atomic mass is 16.4. The SMILES string of the molecule is CC(C)N(CCC(=O)O)Cc1ncnn1C. The highest BCUT2D eigenvalue weighted by Crippen LogP contribution is 2.05. The summed E-state index contributed by atoms with van der Waals surface area (Å²) in [4.78, 5) is 16.7. The molecule has 0 spiro atoms. The summed E-state index contributed by atoms with van der Waals surface area (Å²) in [6.45, 7) is 5.23. The van der Waals surface area contributed by atoms with Crippen molar-refractivity contribution in [1.29, 1.82) is 0 Å². The molecule has 90 valence electrons. The summed E-state index contributed by atoms with van der Waals surface area (Å²) in [7, 11) is 1.83. The van der Waals surface area contributed by atoms with Crippen molar-refractivity contribution in [3.8, 4) is 0 Å². The van der Waals surface area contributed by atoms with Crippen LogP contribution in [-0.2, 0) is 18.4 Å². The first kappa shape index (κ1) is 12.6. The molecule has 0 saturated carbocycles. The monoisotopic (exact) mass is 226 g/mol. The van der Waals surface area contributed by atoms with E-state index < -0.39 is 5.97 Å². The van der Waals surface area contributed by atoms with Crippen LogP contribution >= 0.6 is 0 Å². The Bertz CT molecular complexity index is 348. The molecule has 1 aromatic rings. The van der Waals surface area contributed by atoms with E-state index in [1.54, 1.807) is 4.68 Å². The Morgan fingerprint density at radius 2 is 2.31 bits per heavy atom. The molecular formula is C10H18N4O2. The van der Waals surface area contributed by atoms with Crippen molar-refractivity contribution in [1.82, 2.24) is 19.7 Å². The van der Waals surface area contributed by atoms with E-state index >= 15 is 0 Å². The van der Waals surface area contributed by atoms with E-state index in [1.165, 1.54) is 6.33 Å². The third-order valence-electron chi connectivity index (χ3n) is 2.49. The second-order valence-electron chi connectivity index (χ2n) is 4.01. The maximum atomic E-state index is 10.5. The molecule has 0 aliphatic rings. The topological polar surface area (TPSA) is 71.2 Å². The molecule has 0 aliphatic carbocycles. The van der Waals surface area contributed by atoms with Crippen LogP contribution in [0.4, 0.5) is 0 Å². The lowest BCUT2D eigenvalue weighted by Crippen LogP contribution is -2.33. The Kier molecular flexibility index (Phi) is 4.42. The number of carboxylic acids is 1. The average Bonchev–Trinajstić information content (AvgIpc) is 2.58. The summed E-state index contributed by atoms with van der Waals surface area (Å²) in [6, 6.07) is 0.288. The minimum atomic E-state index is -0.774. The molecule has 1 heterocycles. The van der Waals surface area contributed by atoms with Crippen molar-refractivity contribution in [2.24, 2.45) is 7.05 Å². The van der Waals surface area contributed by atoms with Crippen LogP contribution in [0.25, 0.3) is 0 Å². The minimum absolute atomic E-state index is 0.149. The second-order valence-corrected chi connectivity index (χ2v) is 4.01. The number of rotatable bonds is 6. The largest absolute Gasteiger partial charge is 0.481 e. The summed E-state index contributed by atoms with van der Waals surface area (Å²) >= 11 is 0. The molecule has 0 aromatic carbocycles. The van der Waals surface area contributed by atoms with Crippen molar-refractivity contribution in [3.63, 3.8) is 0 Å². The van der Waals surface area contributed by atoms with Crippen molar-refractivity contribution in [3.05, 3.63) is 12.2 Å². The van der Waals surface area contributed by atoms with Gasteiger partial charge < -0.3 is 5.11 Å². The predicted molar refractivity (Wildman–Crippen MR) is 58.8 cm³/mol. The van der Waals surface area contributed by atoms with Crippen molar-refractivity contribution < 1.29 is 9.90 Å². The number of carbonyl (C=O) groups is 1. The lowest BCUT2D eigenvalue weighted by molar-refractivity contribution is -0.137. The number of carboxylic acid groups (broad SMARTS) is 1. The number of aryl methyl sites for hydroxylation is 1. The van der Waals surface area contributed by atoms with E-state index in [2.05, 4.69) is 15.0 Å². The Morgan fingerprint density at radius 1 is 1.62 bits per heavy atom. The van der Waals surface area contributed by atoms with Crippen LogP contribution in [0.15, 0.2) is 6.33 Å². The maximum Gasteiger partial charge on any atom is 0.304 e. The maximum absolute atomic E-state index is 10.5. The molecular weight excluding hydrogens is 208 g/mol. The Hall–Kier alpha value is -1.43. The number of aromatic nitrogens is 3. The van der Waals surface area contributed by atoms with Gasteiger partial charge in [0.1, 0.15) is 12.2 Å². The van der Waals surface area contributed by atoms with Crippen LogP contribution in [-0.4, -0.2) is 43.3 Å². The molecule has 6 heteroatoms. The van der Waals surface area contributed by atoms with E-state index in [0.29, 0.717) is 13.1 Å². The number of hydrogen-bond acceptors (Lipinski definition) is 4. The standard InChI is InChI=1S/C10H18N4O2/c1-8(2)14(5-4-10(15)16)6-9-11-7-12-13(9)3/h7-8H,4-6H2,1-3H3,(H,15,16). The number of hydrogen-bond donors (Lipinski definition) is 1. The second kappa shape index (κ2) is 5.60. The summed E-state index contributed by atoms with van der Waals surface area (Å²) in [5, 5.41) is 12.7. The first-order valence-electron chi connectivity index (χ1n) is 5.29. The fourth-order valence-electron chi connectivity index (χ4n) is 1.40. The smallest absolute Gasteiger partial charge is 0.304 e. The molecule has 6 nitrogen and oxygen atoms in total. The molecule has 0 atom stereocenters. The molecule has 0 unspecified atom stereocenters. The van der Waals surface area contributed by atoms with E-state index in [4.69, 9.17) is 5.11 Å². The van der Waals surface area contributed by atoms with Gasteiger partial charge >= 0.3 is 5.97 Å². The van der Waals surface area contributed by atoms with Crippen LogP contribution in [0.2, 0.25) is 0 Å². The van der Waals surface area contributed by atoms with Crippen LogP contribution in [0.3, 0.4) is 0 Å². The summed E-state index contributed by atoms with van der Waals surface area (Å²) in [5.41, 5.74) is 0. The van der Waals surface area contributed by atoms with Crippen LogP contribution in [0, 0.1) is 0 Å². The number of aliphatic carboxylic acids is 1. The molecule has 0 fully saturated rings. The van der Waals surface area contributed by atoms with Gasteiger partial charge in [0.2, 0.25) is 0 Å². The summed E-state index contributed by atoms with van der Waals surface area (Å²) in [5.74, 6) is 0.0719. The highest BCUT2D eigenvalue weighted by Gasteiger charge is 2.14. The summed E-state index contributed by atoms with van der Waals surface area (Å²) in [6.07, 6.45) is 1.65. The Balaban J connectivity index is 2.58. The quantitative estimate of drug-likeness (QED) is 0.764. The van der Waals surface area contributed by atoms with Crippen LogP contribution in [0.1, 0.15) is 26.1 Å². The van der Waals surface area contributed by atoms with Gasteiger partial charge in [0.05, 0.1) is 13.0 Å². The fraction of sp³-hybridized carbons (Fsp3) is 0.700. The molecule has 0 saturated heterocycles.